The van der Waals surface area contributed by atoms with Gasteiger partial charge in [-0.1, -0.05) is 13.3 Å². The van der Waals surface area contributed by atoms with Crippen molar-refractivity contribution in [2.24, 2.45) is 5.92 Å². The standard InChI is InChI=1S/C11H14F2N2O2S/c1-2-6-3-10(6)15-18(16,17)11-5-9(14)7(12)4-8(11)13/h4-6,10,15H,2-3,14H2,1H3. The summed E-state index contributed by atoms with van der Waals surface area (Å²) in [5.41, 5.74) is 4.86. The number of halogens is 2. The van der Waals surface area contributed by atoms with Crippen LogP contribution in [0.2, 0.25) is 0 Å². The van der Waals surface area contributed by atoms with Gasteiger partial charge in [-0.15, -0.1) is 0 Å². The minimum absolute atomic E-state index is 0.161. The fourth-order valence-electron chi connectivity index (χ4n) is 1.86. The minimum Gasteiger partial charge on any atom is -0.396 e. The maximum absolute atomic E-state index is 13.5. The molecular weight excluding hydrogens is 262 g/mol. The molecule has 0 radical (unpaired) electrons. The van der Waals surface area contributed by atoms with Gasteiger partial charge in [0, 0.05) is 12.1 Å². The molecular formula is C11H14F2N2O2S. The van der Waals surface area contributed by atoms with Crippen LogP contribution >= 0.6 is 0 Å². The van der Waals surface area contributed by atoms with Crippen molar-refractivity contribution in [3.63, 3.8) is 0 Å². The predicted octanol–water partition coefficient (Wildman–Crippen LogP) is 1.62. The zero-order valence-corrected chi connectivity index (χ0v) is 10.6. The Balaban J connectivity index is 2.27. The second-order valence-electron chi connectivity index (χ2n) is 4.44. The van der Waals surface area contributed by atoms with Gasteiger partial charge in [0.15, 0.2) is 0 Å². The molecule has 1 saturated carbocycles. The Morgan fingerprint density at radius 2 is 2.06 bits per heavy atom. The van der Waals surface area contributed by atoms with Gasteiger partial charge in [-0.3, -0.25) is 0 Å². The van der Waals surface area contributed by atoms with E-state index in [2.05, 4.69) is 4.72 Å². The van der Waals surface area contributed by atoms with E-state index in [1.807, 2.05) is 6.92 Å². The van der Waals surface area contributed by atoms with Crippen molar-refractivity contribution in [2.75, 3.05) is 5.73 Å². The molecule has 0 bridgehead atoms. The topological polar surface area (TPSA) is 72.2 Å². The van der Waals surface area contributed by atoms with E-state index in [-0.39, 0.29) is 11.7 Å². The van der Waals surface area contributed by atoms with Gasteiger partial charge in [0.25, 0.3) is 0 Å². The number of nitrogens with one attached hydrogen (secondary N) is 1. The number of rotatable bonds is 4. The van der Waals surface area contributed by atoms with Crippen LogP contribution in [0.25, 0.3) is 0 Å². The Morgan fingerprint density at radius 3 is 2.61 bits per heavy atom. The monoisotopic (exact) mass is 276 g/mol. The van der Waals surface area contributed by atoms with Crippen molar-refractivity contribution in [1.29, 1.82) is 0 Å². The number of anilines is 1. The fraction of sp³-hybridized carbons (Fsp3) is 0.455. The third-order valence-electron chi connectivity index (χ3n) is 3.09. The summed E-state index contributed by atoms with van der Waals surface area (Å²) < 4.78 is 52.6. The Labute approximate surface area is 104 Å². The van der Waals surface area contributed by atoms with Crippen molar-refractivity contribution in [3.05, 3.63) is 23.8 Å². The molecule has 1 aromatic carbocycles. The number of hydrogen-bond donors (Lipinski definition) is 2. The van der Waals surface area contributed by atoms with Gasteiger partial charge < -0.3 is 5.73 Å². The maximum Gasteiger partial charge on any atom is 0.243 e. The van der Waals surface area contributed by atoms with Crippen molar-refractivity contribution < 1.29 is 17.2 Å². The van der Waals surface area contributed by atoms with Gasteiger partial charge in [0.2, 0.25) is 10.0 Å². The van der Waals surface area contributed by atoms with E-state index in [0.717, 1.165) is 18.9 Å². The van der Waals surface area contributed by atoms with Gasteiger partial charge in [0.05, 0.1) is 5.69 Å². The average molecular weight is 276 g/mol. The third-order valence-corrected chi connectivity index (χ3v) is 4.60. The van der Waals surface area contributed by atoms with E-state index in [9.17, 15) is 17.2 Å². The molecule has 2 rings (SSSR count). The number of sulfonamides is 1. The maximum atomic E-state index is 13.5. The quantitative estimate of drug-likeness (QED) is 0.821. The second-order valence-corrected chi connectivity index (χ2v) is 6.12. The lowest BCUT2D eigenvalue weighted by Gasteiger charge is -2.08. The van der Waals surface area contributed by atoms with Crippen LogP contribution in [-0.4, -0.2) is 14.5 Å². The highest BCUT2D eigenvalue weighted by Crippen LogP contribution is 2.34. The predicted molar refractivity (Wildman–Crippen MR) is 63.3 cm³/mol. The molecule has 18 heavy (non-hydrogen) atoms. The van der Waals surface area contributed by atoms with Crippen LogP contribution < -0.4 is 10.5 Å². The van der Waals surface area contributed by atoms with Gasteiger partial charge in [-0.05, 0) is 18.4 Å². The van der Waals surface area contributed by atoms with Gasteiger partial charge in [-0.2, -0.15) is 0 Å². The zero-order valence-electron chi connectivity index (χ0n) is 9.78. The van der Waals surface area contributed by atoms with Crippen molar-refractivity contribution in [1.82, 2.24) is 4.72 Å². The van der Waals surface area contributed by atoms with Crippen LogP contribution in [-0.2, 0) is 10.0 Å². The Kier molecular flexibility index (Phi) is 3.29. The molecule has 1 aromatic rings. The smallest absolute Gasteiger partial charge is 0.243 e. The summed E-state index contributed by atoms with van der Waals surface area (Å²) in [5, 5.41) is 0. The van der Waals surface area contributed by atoms with Crippen molar-refractivity contribution in [2.45, 2.75) is 30.7 Å². The van der Waals surface area contributed by atoms with Crippen LogP contribution in [0.3, 0.4) is 0 Å². The van der Waals surface area contributed by atoms with Gasteiger partial charge >= 0.3 is 0 Å². The molecule has 0 amide bonds. The SMILES string of the molecule is CCC1CC1NS(=O)(=O)c1cc(N)c(F)cc1F. The van der Waals surface area contributed by atoms with Gasteiger partial charge in [-0.25, -0.2) is 21.9 Å². The molecule has 1 fully saturated rings. The first-order valence-electron chi connectivity index (χ1n) is 5.62. The van der Waals surface area contributed by atoms with E-state index in [0.29, 0.717) is 12.0 Å². The zero-order chi connectivity index (χ0) is 13.5. The lowest BCUT2D eigenvalue weighted by molar-refractivity contribution is 0.542. The lowest BCUT2D eigenvalue weighted by atomic mass is 10.3. The molecule has 4 nitrogen and oxygen atoms in total. The third kappa shape index (κ3) is 2.46. The van der Waals surface area contributed by atoms with E-state index in [4.69, 9.17) is 5.73 Å². The summed E-state index contributed by atoms with van der Waals surface area (Å²) in [4.78, 5) is -0.608. The van der Waals surface area contributed by atoms with E-state index >= 15 is 0 Å². The first kappa shape index (κ1) is 13.2. The van der Waals surface area contributed by atoms with Crippen LogP contribution in [0.4, 0.5) is 14.5 Å². The summed E-state index contributed by atoms with van der Waals surface area (Å²) in [5.74, 6) is -1.81. The normalized spacial score (nSPS) is 23.1. The number of hydrogen-bond acceptors (Lipinski definition) is 3. The summed E-state index contributed by atoms with van der Waals surface area (Å²) in [7, 11) is -3.98. The average Bonchev–Trinajstić information content (AvgIpc) is 3.00. The number of benzene rings is 1. The van der Waals surface area contributed by atoms with Crippen molar-refractivity contribution in [3.8, 4) is 0 Å². The van der Waals surface area contributed by atoms with E-state index < -0.39 is 26.6 Å². The molecule has 7 heteroatoms. The number of nitrogen functional groups attached to an aromatic ring is 1. The molecule has 1 aliphatic rings. The van der Waals surface area contributed by atoms with E-state index in [1.54, 1.807) is 0 Å². The largest absolute Gasteiger partial charge is 0.396 e. The summed E-state index contributed by atoms with van der Waals surface area (Å²) in [6.07, 6.45) is 1.61. The first-order valence-corrected chi connectivity index (χ1v) is 7.10. The van der Waals surface area contributed by atoms with Crippen LogP contribution in [0.5, 0.6) is 0 Å². The number of nitrogens with two attached hydrogens (primary N) is 1. The first-order chi connectivity index (χ1) is 8.35. The molecule has 1 aliphatic carbocycles. The van der Waals surface area contributed by atoms with Crippen LogP contribution in [0.15, 0.2) is 17.0 Å². The molecule has 0 aromatic heterocycles. The molecule has 0 saturated heterocycles. The summed E-state index contributed by atoms with van der Waals surface area (Å²) >= 11 is 0. The molecule has 2 unspecified atom stereocenters. The molecule has 0 spiro atoms. The summed E-state index contributed by atoms with van der Waals surface area (Å²) in [6.45, 7) is 1.95. The minimum atomic E-state index is -3.98. The Hall–Kier alpha value is -1.21. The van der Waals surface area contributed by atoms with Gasteiger partial charge in [0.1, 0.15) is 16.5 Å². The molecule has 100 valence electrons. The lowest BCUT2D eigenvalue weighted by Crippen LogP contribution is -2.28. The van der Waals surface area contributed by atoms with Crippen molar-refractivity contribution >= 4 is 15.7 Å². The van der Waals surface area contributed by atoms with Crippen LogP contribution in [0, 0.1) is 17.6 Å². The molecule has 3 N–H and O–H groups in total. The Bertz CT molecular complexity index is 575. The second kappa shape index (κ2) is 4.47. The molecule has 0 aliphatic heterocycles. The highest BCUT2D eigenvalue weighted by atomic mass is 32.2. The Morgan fingerprint density at radius 1 is 1.39 bits per heavy atom. The fourth-order valence-corrected chi connectivity index (χ4v) is 3.27. The molecule has 2 atom stereocenters. The highest BCUT2D eigenvalue weighted by molar-refractivity contribution is 7.89. The van der Waals surface area contributed by atoms with E-state index in [1.165, 1.54) is 0 Å². The molecule has 0 heterocycles. The summed E-state index contributed by atoms with van der Waals surface area (Å²) in [6, 6.07) is 1.12. The van der Waals surface area contributed by atoms with Crippen LogP contribution in [0.1, 0.15) is 19.8 Å². The highest BCUT2D eigenvalue weighted by Gasteiger charge is 2.39.